The van der Waals surface area contributed by atoms with E-state index in [1.54, 1.807) is 0 Å². The molecule has 0 radical (unpaired) electrons. The summed E-state index contributed by atoms with van der Waals surface area (Å²) in [6.45, 7) is 6.18. The van der Waals surface area contributed by atoms with Gasteiger partial charge in [-0.2, -0.15) is 0 Å². The van der Waals surface area contributed by atoms with Crippen molar-refractivity contribution in [3.63, 3.8) is 0 Å². The molecule has 0 heterocycles. The van der Waals surface area contributed by atoms with Crippen molar-refractivity contribution in [2.75, 3.05) is 0 Å². The van der Waals surface area contributed by atoms with Crippen LogP contribution in [-0.4, -0.2) is 32.0 Å². The average molecular weight is 465 g/mol. The Morgan fingerprint density at radius 2 is 1.68 bits per heavy atom. The summed E-state index contributed by atoms with van der Waals surface area (Å²) in [5, 5.41) is 4.83. The molecule has 108 valence electrons. The maximum Gasteiger partial charge on any atom is 0.333 e. The predicted molar refractivity (Wildman–Crippen MR) is 81.0 cm³/mol. The van der Waals surface area contributed by atoms with Gasteiger partial charge in [0.1, 0.15) is 12.1 Å². The van der Waals surface area contributed by atoms with E-state index in [1.807, 2.05) is 0 Å². The number of ether oxygens (including phenoxy) is 1. The summed E-state index contributed by atoms with van der Waals surface area (Å²) < 4.78 is 3.38. The normalized spacial score (nSPS) is 13.9. The molecule has 0 rings (SSSR count). The molecule has 0 bridgehead atoms. The second kappa shape index (κ2) is 8.01. The van der Waals surface area contributed by atoms with E-state index in [0.717, 1.165) is 6.26 Å². The maximum atomic E-state index is 11.7. The van der Waals surface area contributed by atoms with Crippen molar-refractivity contribution in [3.05, 3.63) is 12.8 Å². The third-order valence-corrected chi connectivity index (χ3v) is 2.99. The zero-order chi connectivity index (χ0) is 15.2. The van der Waals surface area contributed by atoms with Crippen LogP contribution < -0.4 is 10.6 Å². The molecule has 0 fully saturated rings. The zero-order valence-corrected chi connectivity index (χ0v) is 15.0. The molecule has 2 amide bonds. The van der Waals surface area contributed by atoms with E-state index in [4.69, 9.17) is 0 Å². The molecule has 0 aromatic carbocycles. The first-order chi connectivity index (χ1) is 8.59. The minimum Gasteiger partial charge on any atom is -0.434 e. The summed E-state index contributed by atoms with van der Waals surface area (Å²) >= 11 is 9.06. The molecule has 19 heavy (non-hydrogen) atoms. The van der Waals surface area contributed by atoms with Crippen LogP contribution in [0, 0.1) is 0 Å². The summed E-state index contributed by atoms with van der Waals surface area (Å²) in [7, 11) is 0. The minimum atomic E-state index is -1.14. The fourth-order valence-corrected chi connectivity index (χ4v) is 1.27. The highest BCUT2D eigenvalue weighted by Crippen LogP contribution is 2.33. The SMILES string of the molecule is C=COC(=O)C(C)NC(=O)C(C)NC(=O)C(Br)(Br)Br. The van der Waals surface area contributed by atoms with Gasteiger partial charge < -0.3 is 15.4 Å². The van der Waals surface area contributed by atoms with Gasteiger partial charge in [-0.05, 0) is 61.6 Å². The highest BCUT2D eigenvalue weighted by atomic mass is 80.0. The lowest BCUT2D eigenvalue weighted by Crippen LogP contribution is -2.51. The van der Waals surface area contributed by atoms with Gasteiger partial charge in [0, 0.05) is 0 Å². The van der Waals surface area contributed by atoms with Crippen molar-refractivity contribution in [3.8, 4) is 0 Å². The van der Waals surface area contributed by atoms with Gasteiger partial charge in [-0.3, -0.25) is 9.59 Å². The largest absolute Gasteiger partial charge is 0.434 e. The molecule has 0 saturated heterocycles. The first-order valence-corrected chi connectivity index (χ1v) is 7.47. The smallest absolute Gasteiger partial charge is 0.333 e. The zero-order valence-electron chi connectivity index (χ0n) is 10.2. The molecule has 2 atom stereocenters. The Kier molecular flexibility index (Phi) is 7.83. The van der Waals surface area contributed by atoms with E-state index in [2.05, 4.69) is 69.7 Å². The average Bonchev–Trinajstić information content (AvgIpc) is 2.27. The number of amides is 2. The number of hydrogen-bond donors (Lipinski definition) is 2. The van der Waals surface area contributed by atoms with E-state index < -0.39 is 32.0 Å². The lowest BCUT2D eigenvalue weighted by molar-refractivity contribution is -0.142. The Bertz CT molecular complexity index is 381. The van der Waals surface area contributed by atoms with E-state index in [1.165, 1.54) is 13.8 Å². The van der Waals surface area contributed by atoms with Crippen molar-refractivity contribution in [2.24, 2.45) is 0 Å². The molecule has 9 heteroatoms. The Morgan fingerprint density at radius 1 is 1.16 bits per heavy atom. The van der Waals surface area contributed by atoms with Crippen LogP contribution in [0.4, 0.5) is 0 Å². The molecule has 0 aromatic heterocycles. The Balaban J connectivity index is 4.39. The molecule has 2 unspecified atom stereocenters. The second-order valence-corrected chi connectivity index (χ2v) is 10.3. The van der Waals surface area contributed by atoms with Gasteiger partial charge in [0.05, 0.1) is 6.26 Å². The van der Waals surface area contributed by atoms with Crippen molar-refractivity contribution < 1.29 is 19.1 Å². The van der Waals surface area contributed by atoms with Gasteiger partial charge in [-0.25, -0.2) is 4.79 Å². The highest BCUT2D eigenvalue weighted by molar-refractivity contribution is 9.40. The van der Waals surface area contributed by atoms with Crippen molar-refractivity contribution in [1.29, 1.82) is 0 Å². The fraction of sp³-hybridized carbons (Fsp3) is 0.500. The predicted octanol–water partition coefficient (Wildman–Crippen LogP) is 1.52. The molecule has 0 saturated carbocycles. The monoisotopic (exact) mass is 462 g/mol. The second-order valence-electron chi connectivity index (χ2n) is 3.53. The maximum absolute atomic E-state index is 11.7. The quantitative estimate of drug-likeness (QED) is 0.367. The van der Waals surface area contributed by atoms with E-state index in [-0.39, 0.29) is 0 Å². The first kappa shape index (κ1) is 18.6. The Hall–Kier alpha value is -0.410. The molecule has 6 nitrogen and oxygen atoms in total. The molecule has 0 aliphatic heterocycles. The van der Waals surface area contributed by atoms with Crippen LogP contribution in [0.25, 0.3) is 0 Å². The third-order valence-electron chi connectivity index (χ3n) is 1.91. The summed E-state index contributed by atoms with van der Waals surface area (Å²) in [4.78, 5) is 34.5. The van der Waals surface area contributed by atoms with Crippen LogP contribution in [0.15, 0.2) is 12.8 Å². The van der Waals surface area contributed by atoms with Crippen molar-refractivity contribution >= 4 is 65.6 Å². The summed E-state index contributed by atoms with van der Waals surface area (Å²) in [6.07, 6.45) is 0.977. The number of hydrogen-bond acceptors (Lipinski definition) is 4. The first-order valence-electron chi connectivity index (χ1n) is 5.09. The van der Waals surface area contributed by atoms with Gasteiger partial charge in [-0.1, -0.05) is 6.58 Å². The lowest BCUT2D eigenvalue weighted by atomic mass is 10.2. The summed E-state index contributed by atoms with van der Waals surface area (Å²) in [5.41, 5.74) is 0. The summed E-state index contributed by atoms with van der Waals surface area (Å²) in [5.74, 6) is -1.65. The fourth-order valence-electron chi connectivity index (χ4n) is 0.926. The van der Waals surface area contributed by atoms with Crippen LogP contribution >= 0.6 is 47.8 Å². The standard InChI is InChI=1S/C10H13Br3N2O4/c1-4-19-8(17)6(3)14-7(16)5(2)15-9(18)10(11,12)13/h4-6H,1H2,2-3H3,(H,14,16)(H,15,18). The van der Waals surface area contributed by atoms with E-state index in [0.29, 0.717) is 0 Å². The Morgan fingerprint density at radius 3 is 2.11 bits per heavy atom. The van der Waals surface area contributed by atoms with E-state index in [9.17, 15) is 14.4 Å². The highest BCUT2D eigenvalue weighted by Gasteiger charge is 2.31. The molecule has 0 aromatic rings. The number of carbonyl (C=O) groups is 3. The van der Waals surface area contributed by atoms with Gasteiger partial charge in [0.2, 0.25) is 8.05 Å². The molecular formula is C10H13Br3N2O4. The number of halogens is 3. The molecule has 0 spiro atoms. The number of esters is 1. The molecular weight excluding hydrogens is 452 g/mol. The van der Waals surface area contributed by atoms with Crippen molar-refractivity contribution in [1.82, 2.24) is 10.6 Å². The van der Waals surface area contributed by atoms with Gasteiger partial charge >= 0.3 is 5.97 Å². The topological polar surface area (TPSA) is 84.5 Å². The van der Waals surface area contributed by atoms with E-state index >= 15 is 0 Å². The molecule has 2 N–H and O–H groups in total. The van der Waals surface area contributed by atoms with Gasteiger partial charge in [-0.15, -0.1) is 0 Å². The Labute approximate surface area is 136 Å². The number of nitrogens with one attached hydrogen (secondary N) is 2. The van der Waals surface area contributed by atoms with Crippen molar-refractivity contribution in [2.45, 2.75) is 28.1 Å². The number of alkyl halides is 3. The third kappa shape index (κ3) is 7.07. The van der Waals surface area contributed by atoms with Gasteiger partial charge in [0.25, 0.3) is 5.91 Å². The minimum absolute atomic E-state index is 0.489. The number of rotatable bonds is 5. The number of carbonyl (C=O) groups excluding carboxylic acids is 3. The van der Waals surface area contributed by atoms with Crippen LogP contribution in [-0.2, 0) is 19.1 Å². The molecule has 0 aliphatic carbocycles. The van der Waals surface area contributed by atoms with Gasteiger partial charge in [0.15, 0.2) is 0 Å². The summed E-state index contributed by atoms with van der Waals surface area (Å²) in [6, 6.07) is -1.66. The van der Waals surface area contributed by atoms with Crippen LogP contribution in [0.2, 0.25) is 0 Å². The van der Waals surface area contributed by atoms with Crippen LogP contribution in [0.1, 0.15) is 13.8 Å². The molecule has 0 aliphatic rings. The van der Waals surface area contributed by atoms with Crippen LogP contribution in [0.5, 0.6) is 0 Å². The van der Waals surface area contributed by atoms with Crippen LogP contribution in [0.3, 0.4) is 0 Å². The lowest BCUT2D eigenvalue weighted by Gasteiger charge is -2.19.